The van der Waals surface area contributed by atoms with Crippen LogP contribution in [0.4, 0.5) is 0 Å². The molecule has 0 saturated heterocycles. The number of hydrogen-bond donors (Lipinski definition) is 1. The molecular formula is C14H16ClI2NO4S2. The number of hydrogen-bond acceptors (Lipinski definition) is 4. The second-order valence-corrected chi connectivity index (χ2v) is 11.0. The molecule has 2 rings (SSSR count). The van der Waals surface area contributed by atoms with Crippen LogP contribution < -0.4 is 4.72 Å². The van der Waals surface area contributed by atoms with Crippen LogP contribution in [0.25, 0.3) is 0 Å². The summed E-state index contributed by atoms with van der Waals surface area (Å²) in [6.07, 6.45) is 0. The van der Waals surface area contributed by atoms with Gasteiger partial charge in [-0.05, 0) is 101 Å². The summed E-state index contributed by atoms with van der Waals surface area (Å²) in [6, 6.07) is 13.0. The molecule has 0 radical (unpaired) electrons. The SMILES string of the molecule is C.CNS(=O)(=O)c1ccc(I)cc1.O=S(=O)(Cl)c1ccc(I)cc1. The predicted octanol–water partition coefficient (Wildman–Crippen LogP) is 4.05. The third kappa shape index (κ3) is 7.95. The van der Waals surface area contributed by atoms with Gasteiger partial charge in [-0.1, -0.05) is 7.43 Å². The van der Waals surface area contributed by atoms with Crippen molar-refractivity contribution in [3.8, 4) is 0 Å². The summed E-state index contributed by atoms with van der Waals surface area (Å²) in [5.41, 5.74) is 0. The Bertz CT molecular complexity index is 853. The number of nitrogens with one attached hydrogen (secondary N) is 1. The lowest BCUT2D eigenvalue weighted by Crippen LogP contribution is -2.18. The van der Waals surface area contributed by atoms with E-state index in [0.717, 1.165) is 7.14 Å². The van der Waals surface area contributed by atoms with Crippen molar-refractivity contribution >= 4 is 74.9 Å². The molecule has 0 heterocycles. The second kappa shape index (κ2) is 10.3. The van der Waals surface area contributed by atoms with E-state index in [1.807, 2.05) is 0 Å². The molecule has 5 nitrogen and oxygen atoms in total. The summed E-state index contributed by atoms with van der Waals surface area (Å²) in [5.74, 6) is 0. The second-order valence-electron chi connectivity index (χ2n) is 4.05. The van der Waals surface area contributed by atoms with Gasteiger partial charge in [0.15, 0.2) is 0 Å². The summed E-state index contributed by atoms with van der Waals surface area (Å²) in [4.78, 5) is 0.435. The highest BCUT2D eigenvalue weighted by Gasteiger charge is 2.09. The minimum Gasteiger partial charge on any atom is -0.214 e. The Morgan fingerprint density at radius 3 is 1.42 bits per heavy atom. The largest absolute Gasteiger partial charge is 0.261 e. The minimum atomic E-state index is -3.55. The third-order valence-electron chi connectivity index (χ3n) is 2.49. The van der Waals surface area contributed by atoms with Crippen molar-refractivity contribution in [3.05, 3.63) is 55.7 Å². The normalized spacial score (nSPS) is 11.0. The summed E-state index contributed by atoms with van der Waals surface area (Å²) in [6.45, 7) is 0. The maximum Gasteiger partial charge on any atom is 0.261 e. The first kappa shape index (κ1) is 24.1. The molecule has 0 aliphatic heterocycles. The minimum absolute atomic E-state index is 0. The quantitative estimate of drug-likeness (QED) is 0.418. The molecule has 10 heteroatoms. The zero-order valence-corrected chi connectivity index (χ0v) is 18.4. The van der Waals surface area contributed by atoms with Gasteiger partial charge in [0, 0.05) is 17.8 Å². The van der Waals surface area contributed by atoms with Crippen molar-refractivity contribution in [2.45, 2.75) is 17.2 Å². The topological polar surface area (TPSA) is 80.3 Å². The van der Waals surface area contributed by atoms with Crippen molar-refractivity contribution in [2.24, 2.45) is 0 Å². The zero-order valence-electron chi connectivity index (χ0n) is 11.7. The molecule has 0 atom stereocenters. The van der Waals surface area contributed by atoms with Gasteiger partial charge in [-0.25, -0.2) is 21.6 Å². The third-order valence-corrected chi connectivity index (χ3v) is 6.73. The van der Waals surface area contributed by atoms with E-state index in [-0.39, 0.29) is 12.3 Å². The lowest BCUT2D eigenvalue weighted by molar-refractivity contribution is 0.588. The molecule has 1 N–H and O–H groups in total. The van der Waals surface area contributed by atoms with Gasteiger partial charge in [0.25, 0.3) is 9.05 Å². The van der Waals surface area contributed by atoms with Crippen LogP contribution in [-0.2, 0) is 19.1 Å². The monoisotopic (exact) mass is 615 g/mol. The number of benzene rings is 2. The van der Waals surface area contributed by atoms with E-state index >= 15 is 0 Å². The molecule has 0 bridgehead atoms. The maximum atomic E-state index is 11.2. The van der Waals surface area contributed by atoms with Crippen molar-refractivity contribution in [1.29, 1.82) is 0 Å². The molecule has 2 aromatic carbocycles. The first-order chi connectivity index (χ1) is 10.6. The summed E-state index contributed by atoms with van der Waals surface area (Å²) in [5, 5.41) is 0. The summed E-state index contributed by atoms with van der Waals surface area (Å²) >= 11 is 4.21. The smallest absolute Gasteiger partial charge is 0.214 e. The Balaban J connectivity index is 0.000000425. The van der Waals surface area contributed by atoms with Crippen LogP contribution in [0, 0.1) is 7.14 Å². The standard InChI is InChI=1S/C7H8INO2S.C6H4ClIO2S.CH4/c1-9-12(10,11)7-4-2-6(8)3-5-7;7-11(9,10)6-3-1-5(8)2-4-6;/h2-5,9H,1H3;1-4H;1H4. The fraction of sp³-hybridized carbons (Fsp3) is 0.143. The van der Waals surface area contributed by atoms with Gasteiger partial charge in [0.05, 0.1) is 9.79 Å². The van der Waals surface area contributed by atoms with Gasteiger partial charge >= 0.3 is 0 Å². The highest BCUT2D eigenvalue weighted by Crippen LogP contribution is 2.15. The summed E-state index contributed by atoms with van der Waals surface area (Å²) in [7, 11) is -0.342. The first-order valence-corrected chi connectivity index (χ1v) is 11.9. The highest BCUT2D eigenvalue weighted by molar-refractivity contribution is 14.1. The van der Waals surface area contributed by atoms with E-state index < -0.39 is 19.1 Å². The van der Waals surface area contributed by atoms with Gasteiger partial charge < -0.3 is 0 Å². The first-order valence-electron chi connectivity index (χ1n) is 5.95. The molecular weight excluding hydrogens is 600 g/mol. The van der Waals surface area contributed by atoms with Crippen molar-refractivity contribution < 1.29 is 16.8 Å². The average Bonchev–Trinajstić information content (AvgIpc) is 2.48. The van der Waals surface area contributed by atoms with Crippen LogP contribution in [0.3, 0.4) is 0 Å². The molecule has 0 fully saturated rings. The fourth-order valence-corrected chi connectivity index (χ4v) is 3.55. The van der Waals surface area contributed by atoms with Gasteiger partial charge in [0.2, 0.25) is 10.0 Å². The highest BCUT2D eigenvalue weighted by atomic mass is 127. The van der Waals surface area contributed by atoms with Crippen molar-refractivity contribution in [3.63, 3.8) is 0 Å². The van der Waals surface area contributed by atoms with Gasteiger partial charge in [0.1, 0.15) is 0 Å². The van der Waals surface area contributed by atoms with Gasteiger partial charge in [-0.2, -0.15) is 0 Å². The molecule has 134 valence electrons. The fourth-order valence-electron chi connectivity index (χ4n) is 1.33. The van der Waals surface area contributed by atoms with Crippen LogP contribution in [-0.4, -0.2) is 23.9 Å². The number of sulfonamides is 1. The molecule has 0 aromatic heterocycles. The molecule has 24 heavy (non-hydrogen) atoms. The molecule has 2 aromatic rings. The maximum absolute atomic E-state index is 11.2. The zero-order chi connectivity index (χ0) is 17.7. The Kier molecular flexibility index (Phi) is 10.3. The molecule has 0 aliphatic rings. The number of halogens is 3. The molecule has 0 amide bonds. The van der Waals surface area contributed by atoms with E-state index in [4.69, 9.17) is 10.7 Å². The Morgan fingerprint density at radius 1 is 0.792 bits per heavy atom. The van der Waals surface area contributed by atoms with Crippen molar-refractivity contribution in [1.82, 2.24) is 4.72 Å². The molecule has 0 spiro atoms. The van der Waals surface area contributed by atoms with E-state index in [1.165, 1.54) is 19.2 Å². The van der Waals surface area contributed by atoms with E-state index in [2.05, 4.69) is 49.9 Å². The molecule has 0 aliphatic carbocycles. The Hall–Kier alpha value is 0.0500. The number of rotatable bonds is 3. The average molecular weight is 616 g/mol. The van der Waals surface area contributed by atoms with Gasteiger partial charge in [-0.3, -0.25) is 0 Å². The predicted molar refractivity (Wildman–Crippen MR) is 114 cm³/mol. The molecule has 0 saturated carbocycles. The van der Waals surface area contributed by atoms with Crippen LogP contribution in [0.5, 0.6) is 0 Å². The van der Waals surface area contributed by atoms with E-state index in [1.54, 1.807) is 36.4 Å². The van der Waals surface area contributed by atoms with Crippen LogP contribution in [0.1, 0.15) is 7.43 Å². The van der Waals surface area contributed by atoms with Crippen LogP contribution >= 0.6 is 55.9 Å². The lowest BCUT2D eigenvalue weighted by atomic mass is 10.4. The van der Waals surface area contributed by atoms with E-state index in [0.29, 0.717) is 4.90 Å². The van der Waals surface area contributed by atoms with Crippen LogP contribution in [0.15, 0.2) is 58.3 Å². The molecule has 0 unspecified atom stereocenters. The van der Waals surface area contributed by atoms with E-state index in [9.17, 15) is 16.8 Å². The summed E-state index contributed by atoms with van der Waals surface area (Å²) < 4.78 is 48.1. The lowest BCUT2D eigenvalue weighted by Gasteiger charge is -2.00. The van der Waals surface area contributed by atoms with Crippen LogP contribution in [0.2, 0.25) is 0 Å². The van der Waals surface area contributed by atoms with Gasteiger partial charge in [-0.15, -0.1) is 0 Å². The Morgan fingerprint density at radius 2 is 1.12 bits per heavy atom. The Labute approximate surface area is 174 Å². The van der Waals surface area contributed by atoms with Crippen molar-refractivity contribution in [2.75, 3.05) is 7.05 Å².